The van der Waals surface area contributed by atoms with Gasteiger partial charge in [-0.1, -0.05) is 78.4 Å². The Hall–Kier alpha value is -3.90. The zero-order chi connectivity index (χ0) is 26.6. The molecule has 5 nitrogen and oxygen atoms in total. The molecule has 0 unspecified atom stereocenters. The third kappa shape index (κ3) is 6.09. The number of hydrogen-bond donors (Lipinski definition) is 1. The average molecular weight is 513 g/mol. The van der Waals surface area contributed by atoms with Crippen molar-refractivity contribution in [2.75, 3.05) is 10.8 Å². The van der Waals surface area contributed by atoms with Gasteiger partial charge < -0.3 is 5.32 Å². The summed E-state index contributed by atoms with van der Waals surface area (Å²) >= 11 is 0. The van der Waals surface area contributed by atoms with Crippen molar-refractivity contribution in [1.82, 2.24) is 5.32 Å². The molecule has 4 aromatic rings. The Morgan fingerprint density at radius 2 is 1.35 bits per heavy atom. The van der Waals surface area contributed by atoms with Crippen molar-refractivity contribution >= 4 is 21.6 Å². The molecule has 190 valence electrons. The maximum absolute atomic E-state index is 13.8. The van der Waals surface area contributed by atoms with E-state index in [-0.39, 0.29) is 11.4 Å². The lowest BCUT2D eigenvalue weighted by atomic mass is 9.95. The van der Waals surface area contributed by atoms with Crippen LogP contribution < -0.4 is 9.62 Å². The Balaban J connectivity index is 1.73. The molecule has 37 heavy (non-hydrogen) atoms. The lowest BCUT2D eigenvalue weighted by Gasteiger charge is -2.27. The van der Waals surface area contributed by atoms with Crippen LogP contribution in [0.5, 0.6) is 0 Å². The highest BCUT2D eigenvalue weighted by atomic mass is 32.2. The largest absolute Gasteiger partial charge is 0.344 e. The fourth-order valence-corrected chi connectivity index (χ4v) is 5.89. The van der Waals surface area contributed by atoms with Gasteiger partial charge in [-0.3, -0.25) is 9.10 Å². The molecule has 0 heterocycles. The molecule has 0 saturated heterocycles. The predicted octanol–water partition coefficient (Wildman–Crippen LogP) is 6.02. The summed E-state index contributed by atoms with van der Waals surface area (Å²) in [5.41, 5.74) is 6.17. The van der Waals surface area contributed by atoms with Gasteiger partial charge >= 0.3 is 0 Å². The van der Waals surface area contributed by atoms with Gasteiger partial charge in [-0.15, -0.1) is 0 Å². The summed E-state index contributed by atoms with van der Waals surface area (Å²) in [5, 5.41) is 3.11. The number of carbonyl (C=O) groups is 1. The van der Waals surface area contributed by atoms with Crippen LogP contribution in [0.15, 0.2) is 102 Å². The third-order valence-corrected chi connectivity index (χ3v) is 8.12. The topological polar surface area (TPSA) is 66.5 Å². The Bertz CT molecular complexity index is 1480. The van der Waals surface area contributed by atoms with Gasteiger partial charge in [0, 0.05) is 0 Å². The SMILES string of the molecule is Cc1ccc(S(=O)(=O)N(CC(=O)N[C@@H](c2ccccc2)c2ccccc2C)c2cc(C)cc(C)c2)cc1. The summed E-state index contributed by atoms with van der Waals surface area (Å²) in [6.07, 6.45) is 0. The molecule has 1 N–H and O–H groups in total. The second-order valence-corrected chi connectivity index (χ2v) is 11.3. The number of sulfonamides is 1. The van der Waals surface area contributed by atoms with Crippen LogP contribution in [0, 0.1) is 27.7 Å². The summed E-state index contributed by atoms with van der Waals surface area (Å²) in [6, 6.07) is 29.4. The van der Waals surface area contributed by atoms with Crippen molar-refractivity contribution in [1.29, 1.82) is 0 Å². The minimum absolute atomic E-state index is 0.142. The Kier molecular flexibility index (Phi) is 7.79. The highest BCUT2D eigenvalue weighted by molar-refractivity contribution is 7.92. The molecule has 0 radical (unpaired) electrons. The summed E-state index contributed by atoms with van der Waals surface area (Å²) in [4.78, 5) is 13.7. The van der Waals surface area contributed by atoms with Gasteiger partial charge in [-0.05, 0) is 79.8 Å². The van der Waals surface area contributed by atoms with Crippen molar-refractivity contribution in [3.8, 4) is 0 Å². The first-order chi connectivity index (χ1) is 17.6. The summed E-state index contributed by atoms with van der Waals surface area (Å²) < 4.78 is 28.9. The Morgan fingerprint density at radius 3 is 1.97 bits per heavy atom. The average Bonchev–Trinajstić information content (AvgIpc) is 2.86. The first-order valence-corrected chi connectivity index (χ1v) is 13.7. The van der Waals surface area contributed by atoms with Crippen molar-refractivity contribution in [2.24, 2.45) is 0 Å². The predicted molar refractivity (Wildman–Crippen MR) is 149 cm³/mol. The van der Waals surface area contributed by atoms with Crippen molar-refractivity contribution in [2.45, 2.75) is 38.6 Å². The number of benzene rings is 4. The normalized spacial score (nSPS) is 12.1. The molecule has 6 heteroatoms. The maximum Gasteiger partial charge on any atom is 0.264 e. The van der Waals surface area contributed by atoms with E-state index in [9.17, 15) is 13.2 Å². The molecule has 0 spiro atoms. The fourth-order valence-electron chi connectivity index (χ4n) is 4.48. The van der Waals surface area contributed by atoms with Gasteiger partial charge in [0.2, 0.25) is 5.91 Å². The molecular weight excluding hydrogens is 480 g/mol. The smallest absolute Gasteiger partial charge is 0.264 e. The number of carbonyl (C=O) groups excluding carboxylic acids is 1. The van der Waals surface area contributed by atoms with E-state index >= 15 is 0 Å². The molecule has 0 aliphatic heterocycles. The molecule has 0 saturated carbocycles. The van der Waals surface area contributed by atoms with Crippen LogP contribution in [0.3, 0.4) is 0 Å². The van der Waals surface area contributed by atoms with Crippen LogP contribution in [-0.2, 0) is 14.8 Å². The minimum Gasteiger partial charge on any atom is -0.344 e. The zero-order valence-corrected chi connectivity index (χ0v) is 22.4. The second-order valence-electron chi connectivity index (χ2n) is 9.44. The molecular formula is C31H32N2O3S. The van der Waals surface area contributed by atoms with Crippen LogP contribution in [0.1, 0.15) is 39.4 Å². The number of rotatable bonds is 8. The van der Waals surface area contributed by atoms with Crippen LogP contribution in [-0.4, -0.2) is 20.9 Å². The van der Waals surface area contributed by atoms with E-state index in [0.717, 1.165) is 33.4 Å². The Morgan fingerprint density at radius 1 is 0.757 bits per heavy atom. The number of aryl methyl sites for hydroxylation is 4. The maximum atomic E-state index is 13.8. The molecule has 0 aromatic heterocycles. The van der Waals surface area contributed by atoms with Crippen molar-refractivity contribution in [3.05, 3.63) is 130 Å². The van der Waals surface area contributed by atoms with Gasteiger partial charge in [-0.25, -0.2) is 8.42 Å². The number of anilines is 1. The van der Waals surface area contributed by atoms with Crippen molar-refractivity contribution < 1.29 is 13.2 Å². The van der Waals surface area contributed by atoms with E-state index in [2.05, 4.69) is 5.32 Å². The molecule has 0 fully saturated rings. The van der Waals surface area contributed by atoms with E-state index in [1.165, 1.54) is 4.31 Å². The number of nitrogens with zero attached hydrogens (tertiary/aromatic N) is 1. The highest BCUT2D eigenvalue weighted by Crippen LogP contribution is 2.28. The zero-order valence-electron chi connectivity index (χ0n) is 21.6. The van der Waals surface area contributed by atoms with Crippen molar-refractivity contribution in [3.63, 3.8) is 0 Å². The molecule has 0 aliphatic rings. The molecule has 0 bridgehead atoms. The number of nitrogens with one attached hydrogen (secondary N) is 1. The van der Waals surface area contributed by atoms with E-state index in [1.54, 1.807) is 36.4 Å². The highest BCUT2D eigenvalue weighted by Gasteiger charge is 2.29. The van der Waals surface area contributed by atoms with Crippen LogP contribution in [0.4, 0.5) is 5.69 Å². The van der Waals surface area contributed by atoms with Crippen LogP contribution in [0.25, 0.3) is 0 Å². The van der Waals surface area contributed by atoms with Gasteiger partial charge in [0.15, 0.2) is 0 Å². The van der Waals surface area contributed by atoms with Gasteiger partial charge in [0.25, 0.3) is 10.0 Å². The van der Waals surface area contributed by atoms with Gasteiger partial charge in [0.05, 0.1) is 16.6 Å². The van der Waals surface area contributed by atoms with Gasteiger partial charge in [-0.2, -0.15) is 0 Å². The third-order valence-electron chi connectivity index (χ3n) is 6.33. The lowest BCUT2D eigenvalue weighted by molar-refractivity contribution is -0.120. The van der Waals surface area contributed by atoms with E-state index in [4.69, 9.17) is 0 Å². The van der Waals surface area contributed by atoms with E-state index in [1.807, 2.05) is 88.4 Å². The first-order valence-electron chi connectivity index (χ1n) is 12.2. The van der Waals surface area contributed by atoms with E-state index in [0.29, 0.717) is 5.69 Å². The standard InChI is InChI=1S/C31H32N2O3S/c1-22-14-16-28(17-15-22)37(35,36)33(27-19-23(2)18-24(3)20-27)21-30(34)32-31(26-11-6-5-7-12-26)29-13-9-8-10-25(29)4/h5-20,31H,21H2,1-4H3,(H,32,34)/t31-/m0/s1. The summed E-state index contributed by atoms with van der Waals surface area (Å²) in [5.74, 6) is -0.396. The molecule has 0 aliphatic carbocycles. The minimum atomic E-state index is -4.00. The van der Waals surface area contributed by atoms with Gasteiger partial charge in [0.1, 0.15) is 6.54 Å². The molecule has 4 rings (SSSR count). The molecule has 4 aromatic carbocycles. The number of hydrogen-bond acceptors (Lipinski definition) is 3. The fraction of sp³-hybridized carbons (Fsp3) is 0.194. The Labute approximate surface area is 219 Å². The first kappa shape index (κ1) is 26.2. The quantitative estimate of drug-likeness (QED) is 0.314. The summed E-state index contributed by atoms with van der Waals surface area (Å²) in [6.45, 7) is 7.38. The van der Waals surface area contributed by atoms with E-state index < -0.39 is 22.0 Å². The lowest BCUT2D eigenvalue weighted by Crippen LogP contribution is -2.42. The second kappa shape index (κ2) is 11.0. The van der Waals surface area contributed by atoms with Crippen LogP contribution >= 0.6 is 0 Å². The monoisotopic (exact) mass is 512 g/mol. The summed E-state index contributed by atoms with van der Waals surface area (Å²) in [7, 11) is -4.00. The number of amides is 1. The van der Waals surface area contributed by atoms with Crippen LogP contribution in [0.2, 0.25) is 0 Å². The molecule has 1 atom stereocenters. The molecule has 1 amide bonds.